The van der Waals surface area contributed by atoms with Crippen LogP contribution in [0.1, 0.15) is 17.9 Å². The quantitative estimate of drug-likeness (QED) is 0.771. The number of nitrogens with one attached hydrogen (secondary N) is 1. The lowest BCUT2D eigenvalue weighted by Gasteiger charge is -2.40. The molecule has 0 aliphatic carbocycles. The van der Waals surface area contributed by atoms with Gasteiger partial charge in [0.05, 0.1) is 24.8 Å². The molecule has 5 nitrogen and oxygen atoms in total. The van der Waals surface area contributed by atoms with E-state index in [0.717, 1.165) is 54.9 Å². The molecule has 2 saturated heterocycles. The molecule has 138 valence electrons. The van der Waals surface area contributed by atoms with Crippen LogP contribution >= 0.6 is 0 Å². The molecule has 2 aromatic heterocycles. The van der Waals surface area contributed by atoms with E-state index < -0.39 is 0 Å². The van der Waals surface area contributed by atoms with Crippen LogP contribution in [0.5, 0.6) is 5.88 Å². The predicted molar refractivity (Wildman–Crippen MR) is 103 cm³/mol. The second-order valence-corrected chi connectivity index (χ2v) is 7.24. The molecule has 1 atom stereocenters. The summed E-state index contributed by atoms with van der Waals surface area (Å²) in [6.07, 6.45) is 2.27. The molecule has 0 saturated carbocycles. The van der Waals surface area contributed by atoms with Crippen molar-refractivity contribution >= 4 is 16.7 Å². The Kier molecular flexibility index (Phi) is 4.13. The molecule has 0 radical (unpaired) electrons. The van der Waals surface area contributed by atoms with E-state index >= 15 is 0 Å². The van der Waals surface area contributed by atoms with Crippen molar-refractivity contribution in [3.8, 4) is 5.88 Å². The molecule has 5 rings (SSSR count). The largest absolute Gasteiger partial charge is 0.470 e. The van der Waals surface area contributed by atoms with Gasteiger partial charge in [-0.1, -0.05) is 18.2 Å². The normalized spacial score (nSPS) is 20.0. The van der Waals surface area contributed by atoms with Gasteiger partial charge in [-0.25, -0.2) is 14.4 Å². The Balaban J connectivity index is 1.28. The SMILES string of the molecule is Fc1cnc(OC2CN(c3ccc4ccccc4n3)C2)c(C2CCNC2)c1. The predicted octanol–water partition coefficient (Wildman–Crippen LogP) is 3.11. The minimum absolute atomic E-state index is 0.0457. The van der Waals surface area contributed by atoms with Gasteiger partial charge in [0.15, 0.2) is 0 Å². The number of aromatic nitrogens is 2. The summed E-state index contributed by atoms with van der Waals surface area (Å²) in [7, 11) is 0. The molecule has 0 bridgehead atoms. The van der Waals surface area contributed by atoms with Crippen LogP contribution in [0, 0.1) is 5.82 Å². The summed E-state index contributed by atoms with van der Waals surface area (Å²) in [6.45, 7) is 3.31. The lowest BCUT2D eigenvalue weighted by atomic mass is 9.99. The van der Waals surface area contributed by atoms with Gasteiger partial charge in [0.25, 0.3) is 0 Å². The van der Waals surface area contributed by atoms with Crippen LogP contribution in [0.3, 0.4) is 0 Å². The number of benzene rings is 1. The van der Waals surface area contributed by atoms with Gasteiger partial charge in [-0.05, 0) is 37.2 Å². The molecule has 2 aliphatic rings. The van der Waals surface area contributed by atoms with Crippen molar-refractivity contribution in [2.45, 2.75) is 18.4 Å². The minimum Gasteiger partial charge on any atom is -0.470 e. The topological polar surface area (TPSA) is 50.3 Å². The van der Waals surface area contributed by atoms with Gasteiger partial charge < -0.3 is 15.0 Å². The van der Waals surface area contributed by atoms with Crippen LogP contribution in [0.15, 0.2) is 48.7 Å². The Morgan fingerprint density at radius 1 is 1.15 bits per heavy atom. The van der Waals surface area contributed by atoms with E-state index in [0.29, 0.717) is 5.88 Å². The summed E-state index contributed by atoms with van der Waals surface area (Å²) in [5, 5.41) is 4.46. The molecule has 3 aromatic rings. The maximum Gasteiger partial charge on any atom is 0.217 e. The van der Waals surface area contributed by atoms with Crippen molar-refractivity contribution in [2.75, 3.05) is 31.1 Å². The Morgan fingerprint density at radius 3 is 2.89 bits per heavy atom. The lowest BCUT2D eigenvalue weighted by Crippen LogP contribution is -2.54. The van der Waals surface area contributed by atoms with E-state index in [1.54, 1.807) is 6.07 Å². The maximum absolute atomic E-state index is 13.7. The number of hydrogen-bond donors (Lipinski definition) is 1. The number of halogens is 1. The van der Waals surface area contributed by atoms with Gasteiger partial charge in [-0.15, -0.1) is 0 Å². The third-order valence-electron chi connectivity index (χ3n) is 5.38. The fourth-order valence-corrected chi connectivity index (χ4v) is 3.84. The molecule has 1 unspecified atom stereocenters. The lowest BCUT2D eigenvalue weighted by molar-refractivity contribution is 0.157. The summed E-state index contributed by atoms with van der Waals surface area (Å²) in [4.78, 5) is 11.1. The Morgan fingerprint density at radius 2 is 2.04 bits per heavy atom. The Hall–Kier alpha value is -2.73. The summed E-state index contributed by atoms with van der Waals surface area (Å²) in [5.74, 6) is 1.49. The Bertz CT molecular complexity index is 967. The first-order valence-electron chi connectivity index (χ1n) is 9.40. The fraction of sp³-hybridized carbons (Fsp3) is 0.333. The molecule has 6 heteroatoms. The highest BCUT2D eigenvalue weighted by atomic mass is 19.1. The molecule has 0 amide bonds. The van der Waals surface area contributed by atoms with Crippen LogP contribution in [0.2, 0.25) is 0 Å². The monoisotopic (exact) mass is 364 g/mol. The number of hydrogen-bond acceptors (Lipinski definition) is 5. The van der Waals surface area contributed by atoms with Crippen molar-refractivity contribution in [2.24, 2.45) is 0 Å². The van der Waals surface area contributed by atoms with Crippen LogP contribution in [0.4, 0.5) is 10.2 Å². The first-order valence-corrected chi connectivity index (χ1v) is 9.40. The first kappa shape index (κ1) is 16.4. The average molecular weight is 364 g/mol. The number of ether oxygens (including phenoxy) is 1. The van der Waals surface area contributed by atoms with Crippen molar-refractivity contribution in [1.82, 2.24) is 15.3 Å². The Labute approximate surface area is 157 Å². The zero-order chi connectivity index (χ0) is 18.2. The molecule has 1 N–H and O–H groups in total. The van der Waals surface area contributed by atoms with E-state index in [4.69, 9.17) is 9.72 Å². The maximum atomic E-state index is 13.7. The zero-order valence-corrected chi connectivity index (χ0v) is 14.9. The first-order chi connectivity index (χ1) is 13.3. The van der Waals surface area contributed by atoms with Crippen LogP contribution in [-0.4, -0.2) is 42.3 Å². The highest BCUT2D eigenvalue weighted by Crippen LogP contribution is 2.32. The molecular formula is C21H21FN4O. The standard InChI is InChI=1S/C21H21FN4O/c22-16-9-18(15-7-8-23-10-15)21(24-11-16)27-17-12-26(13-17)20-6-5-14-3-1-2-4-19(14)25-20/h1-6,9,11,15,17,23H,7-8,10,12-13H2. The number of anilines is 1. The van der Waals surface area contributed by atoms with Gasteiger partial charge >= 0.3 is 0 Å². The van der Waals surface area contributed by atoms with E-state index in [2.05, 4.69) is 27.3 Å². The highest BCUT2D eigenvalue weighted by Gasteiger charge is 2.32. The van der Waals surface area contributed by atoms with Crippen LogP contribution in [0.25, 0.3) is 10.9 Å². The molecule has 0 spiro atoms. The van der Waals surface area contributed by atoms with Gasteiger partial charge in [-0.3, -0.25) is 0 Å². The second-order valence-electron chi connectivity index (χ2n) is 7.24. The molecular weight excluding hydrogens is 343 g/mol. The van der Waals surface area contributed by atoms with Gasteiger partial charge in [0.1, 0.15) is 17.7 Å². The molecule has 1 aromatic carbocycles. The van der Waals surface area contributed by atoms with Gasteiger partial charge in [0, 0.05) is 23.4 Å². The third-order valence-corrected chi connectivity index (χ3v) is 5.38. The molecule has 27 heavy (non-hydrogen) atoms. The average Bonchev–Trinajstić information content (AvgIpc) is 3.19. The van der Waals surface area contributed by atoms with Crippen molar-refractivity contribution in [1.29, 1.82) is 0 Å². The summed E-state index contributed by atoms with van der Waals surface area (Å²) in [6, 6.07) is 13.8. The fourth-order valence-electron chi connectivity index (χ4n) is 3.84. The number of pyridine rings is 2. The number of rotatable bonds is 4. The van der Waals surface area contributed by atoms with E-state index in [1.807, 2.05) is 24.3 Å². The van der Waals surface area contributed by atoms with Crippen LogP contribution in [-0.2, 0) is 0 Å². The van der Waals surface area contributed by atoms with Crippen molar-refractivity contribution in [3.63, 3.8) is 0 Å². The second kappa shape index (κ2) is 6.78. The van der Waals surface area contributed by atoms with E-state index in [9.17, 15) is 4.39 Å². The zero-order valence-electron chi connectivity index (χ0n) is 14.9. The number of fused-ring (bicyclic) bond motifs is 1. The highest BCUT2D eigenvalue weighted by molar-refractivity contribution is 5.80. The molecule has 2 aliphatic heterocycles. The number of nitrogens with zero attached hydrogens (tertiary/aromatic N) is 3. The van der Waals surface area contributed by atoms with E-state index in [1.165, 1.54) is 6.20 Å². The van der Waals surface area contributed by atoms with Gasteiger partial charge in [0.2, 0.25) is 5.88 Å². The summed E-state index contributed by atoms with van der Waals surface area (Å²) >= 11 is 0. The molecule has 4 heterocycles. The van der Waals surface area contributed by atoms with Gasteiger partial charge in [-0.2, -0.15) is 0 Å². The van der Waals surface area contributed by atoms with Crippen LogP contribution < -0.4 is 15.0 Å². The summed E-state index contributed by atoms with van der Waals surface area (Å²) < 4.78 is 19.8. The van der Waals surface area contributed by atoms with Crippen molar-refractivity contribution in [3.05, 3.63) is 60.0 Å². The van der Waals surface area contributed by atoms with Crippen molar-refractivity contribution < 1.29 is 9.13 Å². The smallest absolute Gasteiger partial charge is 0.217 e. The van der Waals surface area contributed by atoms with E-state index in [-0.39, 0.29) is 17.8 Å². The minimum atomic E-state index is -0.306. The molecule has 2 fully saturated rings. The third kappa shape index (κ3) is 3.21. The summed E-state index contributed by atoms with van der Waals surface area (Å²) in [5.41, 5.74) is 1.87. The number of para-hydroxylation sites is 1.